The van der Waals surface area contributed by atoms with Crippen LogP contribution in [0, 0.1) is 10.1 Å². The topological polar surface area (TPSA) is 132 Å². The molecule has 3 N–H and O–H groups in total. The minimum absolute atomic E-state index is 0.170. The number of nitro benzene ring substituents is 1. The third-order valence-electron chi connectivity index (χ3n) is 3.20. The number of nitrogens with two attached hydrogens (primary N) is 1. The molecule has 0 bridgehead atoms. The van der Waals surface area contributed by atoms with Gasteiger partial charge in [0.1, 0.15) is 4.90 Å². The Kier molecular flexibility index (Phi) is 4.59. The number of hydrogen-bond donors (Lipinski definition) is 2. The molecule has 10 heteroatoms. The highest BCUT2D eigenvalue weighted by Gasteiger charge is 2.26. The molecule has 0 radical (unpaired) electrons. The standard InChI is InChI=1S/C11H15N3O5S2/c12-10-7-9(14(15)16)1-2-11(10)21(18,19)13-8-3-5-20(17)6-4-8/h1-2,7-8,13H,3-6,12H2. The predicted molar refractivity (Wildman–Crippen MR) is 78.7 cm³/mol. The summed E-state index contributed by atoms with van der Waals surface area (Å²) in [4.78, 5) is 9.79. The molecule has 0 amide bonds. The molecule has 1 fully saturated rings. The van der Waals surface area contributed by atoms with Crippen LogP contribution in [0.15, 0.2) is 23.1 Å². The van der Waals surface area contributed by atoms with Crippen molar-refractivity contribution in [2.75, 3.05) is 17.2 Å². The van der Waals surface area contributed by atoms with Crippen molar-refractivity contribution in [3.63, 3.8) is 0 Å². The van der Waals surface area contributed by atoms with E-state index in [-0.39, 0.29) is 22.3 Å². The molecule has 1 saturated heterocycles. The van der Waals surface area contributed by atoms with E-state index in [1.807, 2.05) is 0 Å². The van der Waals surface area contributed by atoms with Crippen molar-refractivity contribution < 1.29 is 17.6 Å². The number of anilines is 1. The molecule has 1 heterocycles. The Morgan fingerprint density at radius 3 is 2.48 bits per heavy atom. The second kappa shape index (κ2) is 6.08. The van der Waals surface area contributed by atoms with Crippen LogP contribution in [0.3, 0.4) is 0 Å². The highest BCUT2D eigenvalue weighted by atomic mass is 32.2. The molecule has 0 saturated carbocycles. The molecule has 1 aromatic rings. The first-order valence-corrected chi connectivity index (χ1v) is 9.18. The number of hydrogen-bond acceptors (Lipinski definition) is 6. The van der Waals surface area contributed by atoms with Gasteiger partial charge in [-0.1, -0.05) is 0 Å². The highest BCUT2D eigenvalue weighted by Crippen LogP contribution is 2.24. The van der Waals surface area contributed by atoms with Crippen LogP contribution in [0.5, 0.6) is 0 Å². The maximum atomic E-state index is 12.2. The minimum Gasteiger partial charge on any atom is -0.397 e. The molecule has 0 spiro atoms. The van der Waals surface area contributed by atoms with E-state index >= 15 is 0 Å². The van der Waals surface area contributed by atoms with Crippen molar-refractivity contribution in [1.29, 1.82) is 0 Å². The smallest absolute Gasteiger partial charge is 0.271 e. The third-order valence-corrected chi connectivity index (χ3v) is 6.18. The summed E-state index contributed by atoms with van der Waals surface area (Å²) in [6.07, 6.45) is 0.997. The number of benzene rings is 1. The number of sulfonamides is 1. The van der Waals surface area contributed by atoms with Crippen LogP contribution in [-0.2, 0) is 20.8 Å². The summed E-state index contributed by atoms with van der Waals surface area (Å²) in [7, 11) is -4.73. The second-order valence-electron chi connectivity index (χ2n) is 4.72. The Hall–Kier alpha value is -1.52. The van der Waals surface area contributed by atoms with Crippen molar-refractivity contribution in [3.05, 3.63) is 28.3 Å². The van der Waals surface area contributed by atoms with Crippen molar-refractivity contribution in [2.24, 2.45) is 0 Å². The maximum Gasteiger partial charge on any atom is 0.271 e. The normalized spacial score (nSPS) is 22.9. The molecule has 0 aliphatic carbocycles. The molecule has 1 aliphatic rings. The fourth-order valence-corrected chi connectivity index (χ4v) is 4.81. The summed E-state index contributed by atoms with van der Waals surface area (Å²) in [5.74, 6) is 0.922. The molecule has 0 atom stereocenters. The number of nitrogens with zero attached hydrogens (tertiary/aromatic N) is 1. The summed E-state index contributed by atoms with van der Waals surface area (Å²) >= 11 is 0. The van der Waals surface area contributed by atoms with Gasteiger partial charge in [0.15, 0.2) is 0 Å². The van der Waals surface area contributed by atoms with E-state index in [0.717, 1.165) is 18.2 Å². The van der Waals surface area contributed by atoms with Gasteiger partial charge in [-0.2, -0.15) is 0 Å². The zero-order valence-corrected chi connectivity index (χ0v) is 12.7. The summed E-state index contributed by atoms with van der Waals surface area (Å²) in [6.45, 7) is 0. The van der Waals surface area contributed by atoms with Crippen LogP contribution >= 0.6 is 0 Å². The molecule has 0 aromatic heterocycles. The molecule has 1 aromatic carbocycles. The quantitative estimate of drug-likeness (QED) is 0.464. The molecule has 2 rings (SSSR count). The van der Waals surface area contributed by atoms with Crippen LogP contribution in [-0.4, -0.2) is 35.1 Å². The van der Waals surface area contributed by atoms with Gasteiger partial charge in [-0.15, -0.1) is 0 Å². The van der Waals surface area contributed by atoms with Gasteiger partial charge < -0.3 is 5.73 Å². The number of non-ortho nitro benzene ring substituents is 1. The number of nitrogens with one attached hydrogen (secondary N) is 1. The van der Waals surface area contributed by atoms with Crippen LogP contribution in [0.25, 0.3) is 0 Å². The van der Waals surface area contributed by atoms with Crippen LogP contribution in [0.4, 0.5) is 11.4 Å². The van der Waals surface area contributed by atoms with Gasteiger partial charge in [-0.05, 0) is 18.9 Å². The highest BCUT2D eigenvalue weighted by molar-refractivity contribution is 7.89. The zero-order chi connectivity index (χ0) is 15.6. The lowest BCUT2D eigenvalue weighted by molar-refractivity contribution is -0.384. The molecule has 116 valence electrons. The molecule has 8 nitrogen and oxygen atoms in total. The fourth-order valence-electron chi connectivity index (χ4n) is 2.09. The van der Waals surface area contributed by atoms with E-state index in [4.69, 9.17) is 5.73 Å². The van der Waals surface area contributed by atoms with Crippen molar-refractivity contribution >= 4 is 32.2 Å². The molecule has 21 heavy (non-hydrogen) atoms. The summed E-state index contributed by atoms with van der Waals surface area (Å²) in [5.41, 5.74) is 5.17. The number of nitrogen functional groups attached to an aromatic ring is 1. The van der Waals surface area contributed by atoms with E-state index < -0.39 is 25.7 Å². The van der Waals surface area contributed by atoms with Gasteiger partial charge in [-0.25, -0.2) is 13.1 Å². The fraction of sp³-hybridized carbons (Fsp3) is 0.455. The van der Waals surface area contributed by atoms with Crippen molar-refractivity contribution in [3.8, 4) is 0 Å². The Bertz CT molecular complexity index is 679. The van der Waals surface area contributed by atoms with Gasteiger partial charge in [0.2, 0.25) is 10.0 Å². The van der Waals surface area contributed by atoms with Crippen LogP contribution in [0.2, 0.25) is 0 Å². The zero-order valence-electron chi connectivity index (χ0n) is 11.0. The first-order chi connectivity index (χ1) is 9.79. The molecular weight excluding hydrogens is 318 g/mol. The monoisotopic (exact) mass is 333 g/mol. The Balaban J connectivity index is 2.19. The second-order valence-corrected chi connectivity index (χ2v) is 8.10. The van der Waals surface area contributed by atoms with E-state index in [1.165, 1.54) is 0 Å². The Labute approximate surface area is 124 Å². The SMILES string of the molecule is Nc1cc([N+](=O)[O-])ccc1S(=O)(=O)NC1CCS(=O)CC1. The predicted octanol–water partition coefficient (Wildman–Crippen LogP) is 0.366. The van der Waals surface area contributed by atoms with E-state index in [0.29, 0.717) is 24.3 Å². The van der Waals surface area contributed by atoms with E-state index in [1.54, 1.807) is 0 Å². The third kappa shape index (κ3) is 3.77. The summed E-state index contributed by atoms with van der Waals surface area (Å²) in [5, 5.41) is 10.6. The van der Waals surface area contributed by atoms with Crippen molar-refractivity contribution in [1.82, 2.24) is 4.72 Å². The number of rotatable bonds is 4. The number of nitro groups is 1. The molecular formula is C11H15N3O5S2. The lowest BCUT2D eigenvalue weighted by Crippen LogP contribution is -2.39. The van der Waals surface area contributed by atoms with Crippen LogP contribution < -0.4 is 10.5 Å². The first kappa shape index (κ1) is 15.9. The lowest BCUT2D eigenvalue weighted by atomic mass is 10.2. The van der Waals surface area contributed by atoms with Gasteiger partial charge >= 0.3 is 0 Å². The maximum absolute atomic E-state index is 12.2. The average molecular weight is 333 g/mol. The van der Waals surface area contributed by atoms with Gasteiger partial charge in [0, 0.05) is 40.5 Å². The molecule has 0 unspecified atom stereocenters. The van der Waals surface area contributed by atoms with Crippen molar-refractivity contribution in [2.45, 2.75) is 23.8 Å². The van der Waals surface area contributed by atoms with Gasteiger partial charge in [0.05, 0.1) is 10.6 Å². The van der Waals surface area contributed by atoms with Gasteiger partial charge in [-0.3, -0.25) is 14.3 Å². The summed E-state index contributed by atoms with van der Waals surface area (Å²) < 4.78 is 38.3. The minimum atomic E-state index is -3.85. The van der Waals surface area contributed by atoms with Crippen LogP contribution in [0.1, 0.15) is 12.8 Å². The largest absolute Gasteiger partial charge is 0.397 e. The molecule has 1 aliphatic heterocycles. The first-order valence-electron chi connectivity index (χ1n) is 6.21. The van der Waals surface area contributed by atoms with E-state index in [2.05, 4.69) is 4.72 Å². The Morgan fingerprint density at radius 2 is 1.95 bits per heavy atom. The van der Waals surface area contributed by atoms with Gasteiger partial charge in [0.25, 0.3) is 5.69 Å². The summed E-state index contributed by atoms with van der Waals surface area (Å²) in [6, 6.07) is 2.95. The average Bonchev–Trinajstić information content (AvgIpc) is 2.40. The Morgan fingerprint density at radius 1 is 1.33 bits per heavy atom. The lowest BCUT2D eigenvalue weighted by Gasteiger charge is -2.22. The van der Waals surface area contributed by atoms with E-state index in [9.17, 15) is 22.7 Å².